The molecule has 0 aliphatic rings. The first kappa shape index (κ1) is 15.0. The van der Waals surface area contributed by atoms with Gasteiger partial charge in [-0.05, 0) is 13.0 Å². The number of anilines is 1. The fourth-order valence-electron chi connectivity index (χ4n) is 1.53. The number of aryl methyl sites for hydroxylation is 1. The van der Waals surface area contributed by atoms with Crippen LogP contribution in [-0.4, -0.2) is 30.8 Å². The molecule has 0 spiro atoms. The standard InChI is InChI=1S/C12H13N5O3S/c1-8(21-12-15-13-7-16(12)2)11(18)14-9-4-3-5-10(6-9)17(19)20/h3-8H,1-2H3,(H,14,18)/t8-/m1/s1. The molecule has 0 bridgehead atoms. The number of benzene rings is 1. The molecule has 1 amide bonds. The lowest BCUT2D eigenvalue weighted by Crippen LogP contribution is -2.22. The minimum atomic E-state index is -0.507. The van der Waals surface area contributed by atoms with E-state index in [0.29, 0.717) is 10.8 Å². The summed E-state index contributed by atoms with van der Waals surface area (Å²) in [4.78, 5) is 22.3. The Morgan fingerprint density at radius 1 is 1.52 bits per heavy atom. The molecule has 8 nitrogen and oxygen atoms in total. The highest BCUT2D eigenvalue weighted by atomic mass is 32.2. The first-order valence-electron chi connectivity index (χ1n) is 6.03. The van der Waals surface area contributed by atoms with Crippen LogP contribution in [0.15, 0.2) is 35.7 Å². The highest BCUT2D eigenvalue weighted by Gasteiger charge is 2.18. The Labute approximate surface area is 124 Å². The number of aromatic nitrogens is 3. The van der Waals surface area contributed by atoms with Gasteiger partial charge in [0, 0.05) is 24.9 Å². The Kier molecular flexibility index (Phi) is 4.53. The maximum atomic E-state index is 12.1. The van der Waals surface area contributed by atoms with Crippen molar-refractivity contribution in [3.63, 3.8) is 0 Å². The van der Waals surface area contributed by atoms with Gasteiger partial charge in [0.1, 0.15) is 6.33 Å². The second-order valence-corrected chi connectivity index (χ2v) is 5.59. The van der Waals surface area contributed by atoms with Crippen LogP contribution in [0, 0.1) is 10.1 Å². The summed E-state index contributed by atoms with van der Waals surface area (Å²) in [5.41, 5.74) is 0.320. The number of hydrogen-bond acceptors (Lipinski definition) is 6. The Morgan fingerprint density at radius 2 is 2.29 bits per heavy atom. The molecular weight excluding hydrogens is 294 g/mol. The number of nitrogens with one attached hydrogen (secondary N) is 1. The lowest BCUT2D eigenvalue weighted by molar-refractivity contribution is -0.384. The zero-order chi connectivity index (χ0) is 15.4. The maximum absolute atomic E-state index is 12.1. The Bertz CT molecular complexity index is 672. The number of rotatable bonds is 5. The van der Waals surface area contributed by atoms with Gasteiger partial charge in [-0.3, -0.25) is 14.9 Å². The third-order valence-corrected chi connectivity index (χ3v) is 3.79. The zero-order valence-electron chi connectivity index (χ0n) is 11.4. The van der Waals surface area contributed by atoms with Crippen LogP contribution in [0.3, 0.4) is 0 Å². The van der Waals surface area contributed by atoms with Crippen molar-refractivity contribution in [2.45, 2.75) is 17.3 Å². The van der Waals surface area contributed by atoms with Crippen molar-refractivity contribution in [2.24, 2.45) is 7.05 Å². The average molecular weight is 307 g/mol. The molecule has 9 heteroatoms. The Morgan fingerprint density at radius 3 is 2.90 bits per heavy atom. The van der Waals surface area contributed by atoms with Crippen LogP contribution in [-0.2, 0) is 11.8 Å². The van der Waals surface area contributed by atoms with Crippen LogP contribution in [0.25, 0.3) is 0 Å². The molecule has 0 fully saturated rings. The molecule has 2 aromatic rings. The monoisotopic (exact) mass is 307 g/mol. The summed E-state index contributed by atoms with van der Waals surface area (Å²) in [5.74, 6) is -0.261. The molecule has 0 unspecified atom stereocenters. The lowest BCUT2D eigenvalue weighted by atomic mass is 10.2. The molecular formula is C12H13N5O3S. The molecule has 2 rings (SSSR count). The van der Waals surface area contributed by atoms with Crippen molar-refractivity contribution >= 4 is 29.0 Å². The number of thioether (sulfide) groups is 1. The van der Waals surface area contributed by atoms with Gasteiger partial charge in [-0.1, -0.05) is 17.8 Å². The van der Waals surface area contributed by atoms with Crippen molar-refractivity contribution in [1.82, 2.24) is 14.8 Å². The van der Waals surface area contributed by atoms with E-state index in [1.807, 2.05) is 0 Å². The SMILES string of the molecule is C[C@@H](Sc1nncn1C)C(=O)Nc1cccc([N+](=O)[O-])c1. The minimum Gasteiger partial charge on any atom is -0.325 e. The molecule has 21 heavy (non-hydrogen) atoms. The van der Waals surface area contributed by atoms with Gasteiger partial charge >= 0.3 is 0 Å². The van der Waals surface area contributed by atoms with E-state index in [1.54, 1.807) is 30.9 Å². The summed E-state index contributed by atoms with van der Waals surface area (Å²) in [6.45, 7) is 1.73. The summed E-state index contributed by atoms with van der Waals surface area (Å²) in [7, 11) is 1.79. The number of non-ortho nitro benzene ring substituents is 1. The van der Waals surface area contributed by atoms with Crippen LogP contribution in [0.5, 0.6) is 0 Å². The number of nitro groups is 1. The maximum Gasteiger partial charge on any atom is 0.271 e. The normalized spacial score (nSPS) is 11.9. The van der Waals surface area contributed by atoms with E-state index in [4.69, 9.17) is 0 Å². The Hall–Kier alpha value is -2.42. The topological polar surface area (TPSA) is 103 Å². The van der Waals surface area contributed by atoms with E-state index in [-0.39, 0.29) is 11.6 Å². The summed E-state index contributed by atoms with van der Waals surface area (Å²) in [6, 6.07) is 5.81. The van der Waals surface area contributed by atoms with E-state index in [9.17, 15) is 14.9 Å². The van der Waals surface area contributed by atoms with E-state index >= 15 is 0 Å². The number of nitro benzene ring substituents is 1. The minimum absolute atomic E-state index is 0.0681. The molecule has 0 saturated carbocycles. The summed E-state index contributed by atoms with van der Waals surface area (Å²) in [5, 5.41) is 21.2. The third-order valence-electron chi connectivity index (χ3n) is 2.65. The van der Waals surface area contributed by atoms with Gasteiger partial charge < -0.3 is 9.88 Å². The highest BCUT2D eigenvalue weighted by molar-refractivity contribution is 8.00. The molecule has 110 valence electrons. The van der Waals surface area contributed by atoms with Gasteiger partial charge in [-0.25, -0.2) is 0 Å². The predicted octanol–water partition coefficient (Wildman–Crippen LogP) is 1.84. The molecule has 0 radical (unpaired) electrons. The van der Waals surface area contributed by atoms with Gasteiger partial charge in [-0.2, -0.15) is 0 Å². The molecule has 0 aliphatic heterocycles. The van der Waals surface area contributed by atoms with Crippen molar-refractivity contribution < 1.29 is 9.72 Å². The fourth-order valence-corrected chi connectivity index (χ4v) is 2.32. The van der Waals surface area contributed by atoms with Crippen LogP contribution < -0.4 is 5.32 Å². The largest absolute Gasteiger partial charge is 0.325 e. The second-order valence-electron chi connectivity index (χ2n) is 4.28. The van der Waals surface area contributed by atoms with Crippen LogP contribution in [0.1, 0.15) is 6.92 Å². The van der Waals surface area contributed by atoms with Gasteiger partial charge in [0.2, 0.25) is 5.91 Å². The summed E-state index contributed by atoms with van der Waals surface area (Å²) in [6.07, 6.45) is 1.55. The molecule has 1 N–H and O–H groups in total. The molecule has 1 atom stereocenters. The second kappa shape index (κ2) is 6.35. The molecule has 1 aromatic heterocycles. The van der Waals surface area contributed by atoms with Gasteiger partial charge in [0.05, 0.1) is 10.2 Å². The van der Waals surface area contributed by atoms with Crippen molar-refractivity contribution in [1.29, 1.82) is 0 Å². The van der Waals surface area contributed by atoms with Crippen LogP contribution in [0.4, 0.5) is 11.4 Å². The van der Waals surface area contributed by atoms with Crippen molar-refractivity contribution in [3.05, 3.63) is 40.7 Å². The third kappa shape index (κ3) is 3.78. The number of amides is 1. The molecule has 1 heterocycles. The average Bonchev–Trinajstić information content (AvgIpc) is 2.84. The van der Waals surface area contributed by atoms with Crippen molar-refractivity contribution in [2.75, 3.05) is 5.32 Å². The quantitative estimate of drug-likeness (QED) is 0.513. The Balaban J connectivity index is 2.02. The zero-order valence-corrected chi connectivity index (χ0v) is 12.2. The molecule has 1 aromatic carbocycles. The van der Waals surface area contributed by atoms with E-state index in [0.717, 1.165) is 0 Å². The van der Waals surface area contributed by atoms with Crippen molar-refractivity contribution in [3.8, 4) is 0 Å². The summed E-state index contributed by atoms with van der Waals surface area (Å²) < 4.78 is 1.71. The first-order chi connectivity index (χ1) is 9.97. The lowest BCUT2D eigenvalue weighted by Gasteiger charge is -2.11. The van der Waals surface area contributed by atoms with E-state index in [2.05, 4.69) is 15.5 Å². The first-order valence-corrected chi connectivity index (χ1v) is 6.91. The number of carbonyl (C=O) groups excluding carboxylic acids is 1. The molecule has 0 aliphatic carbocycles. The molecule has 0 saturated heterocycles. The summed E-state index contributed by atoms with van der Waals surface area (Å²) >= 11 is 1.26. The number of hydrogen-bond donors (Lipinski definition) is 1. The number of carbonyl (C=O) groups is 1. The van der Waals surface area contributed by atoms with Crippen LogP contribution >= 0.6 is 11.8 Å². The van der Waals surface area contributed by atoms with E-state index in [1.165, 1.54) is 30.0 Å². The van der Waals surface area contributed by atoms with Gasteiger partial charge in [0.25, 0.3) is 5.69 Å². The van der Waals surface area contributed by atoms with E-state index < -0.39 is 10.2 Å². The highest BCUT2D eigenvalue weighted by Crippen LogP contribution is 2.22. The van der Waals surface area contributed by atoms with Gasteiger partial charge in [-0.15, -0.1) is 10.2 Å². The van der Waals surface area contributed by atoms with Crippen LogP contribution in [0.2, 0.25) is 0 Å². The smallest absolute Gasteiger partial charge is 0.271 e. The fraction of sp³-hybridized carbons (Fsp3) is 0.250. The predicted molar refractivity (Wildman–Crippen MR) is 78.0 cm³/mol. The van der Waals surface area contributed by atoms with Gasteiger partial charge in [0.15, 0.2) is 5.16 Å². The number of nitrogens with zero attached hydrogens (tertiary/aromatic N) is 4.